The molecule has 0 aliphatic carbocycles. The van der Waals surface area contributed by atoms with Crippen LogP contribution in [-0.2, 0) is 4.79 Å². The Morgan fingerprint density at radius 1 is 1.15 bits per heavy atom. The topological polar surface area (TPSA) is 60.9 Å². The number of benzene rings is 2. The maximum Gasteiger partial charge on any atom is 0.254 e. The number of carbonyl (C=O) groups is 2. The molecule has 1 N–H and O–H groups in total. The highest BCUT2D eigenvalue weighted by atomic mass is 79.9. The number of piperazine rings is 1. The fourth-order valence-electron chi connectivity index (χ4n) is 4.11. The smallest absolute Gasteiger partial charge is 0.254 e. The van der Waals surface area contributed by atoms with Gasteiger partial charge in [0, 0.05) is 22.5 Å². The molecule has 0 bridgehead atoms. The van der Waals surface area contributed by atoms with Gasteiger partial charge in [-0.25, -0.2) is 4.39 Å². The van der Waals surface area contributed by atoms with Gasteiger partial charge in [-0.05, 0) is 42.0 Å². The molecular formula is C20H18BrFN2O3. The predicted octanol–water partition coefficient (Wildman–Crippen LogP) is 2.40. The third-order valence-electron chi connectivity index (χ3n) is 5.39. The van der Waals surface area contributed by atoms with Crippen molar-refractivity contribution in [1.29, 1.82) is 0 Å². The first kappa shape index (κ1) is 18.1. The third-order valence-corrected chi connectivity index (χ3v) is 5.91. The van der Waals surface area contributed by atoms with Crippen molar-refractivity contribution in [2.24, 2.45) is 0 Å². The van der Waals surface area contributed by atoms with Crippen LogP contribution in [-0.4, -0.2) is 58.5 Å². The monoisotopic (exact) mass is 432 g/mol. The molecule has 2 aromatic carbocycles. The maximum atomic E-state index is 13.1. The van der Waals surface area contributed by atoms with Crippen LogP contribution >= 0.6 is 15.9 Å². The zero-order valence-electron chi connectivity index (χ0n) is 14.4. The third kappa shape index (κ3) is 3.15. The number of nitrogens with zero attached hydrogens (tertiary/aromatic N) is 2. The molecule has 5 nitrogen and oxygen atoms in total. The first-order valence-corrected chi connectivity index (χ1v) is 9.51. The molecule has 2 fully saturated rings. The van der Waals surface area contributed by atoms with E-state index in [4.69, 9.17) is 0 Å². The number of aliphatic hydroxyl groups is 1. The Labute approximate surface area is 164 Å². The van der Waals surface area contributed by atoms with Crippen molar-refractivity contribution in [3.63, 3.8) is 0 Å². The Morgan fingerprint density at radius 2 is 1.81 bits per heavy atom. The summed E-state index contributed by atoms with van der Waals surface area (Å²) in [5, 5.41) is 9.79. The van der Waals surface area contributed by atoms with Gasteiger partial charge in [-0.2, -0.15) is 0 Å². The Balaban J connectivity index is 1.58. The van der Waals surface area contributed by atoms with Gasteiger partial charge < -0.3 is 14.9 Å². The van der Waals surface area contributed by atoms with E-state index in [0.717, 1.165) is 10.0 Å². The highest BCUT2D eigenvalue weighted by molar-refractivity contribution is 9.10. The first-order chi connectivity index (χ1) is 13.0. The van der Waals surface area contributed by atoms with Crippen molar-refractivity contribution in [2.75, 3.05) is 19.7 Å². The molecule has 140 valence electrons. The molecule has 3 atom stereocenters. The van der Waals surface area contributed by atoms with Gasteiger partial charge in [0.15, 0.2) is 0 Å². The summed E-state index contributed by atoms with van der Waals surface area (Å²) in [5.41, 5.74) is 1.39. The van der Waals surface area contributed by atoms with E-state index >= 15 is 0 Å². The molecule has 0 radical (unpaired) electrons. The molecule has 2 aliphatic rings. The Bertz CT molecular complexity index is 872. The minimum absolute atomic E-state index is 0.0315. The molecule has 27 heavy (non-hydrogen) atoms. The molecule has 2 amide bonds. The second-order valence-corrected chi connectivity index (χ2v) is 7.80. The molecule has 2 saturated heterocycles. The van der Waals surface area contributed by atoms with E-state index in [9.17, 15) is 19.1 Å². The lowest BCUT2D eigenvalue weighted by molar-refractivity contribution is -0.159. The summed E-state index contributed by atoms with van der Waals surface area (Å²) < 4.78 is 14.1. The van der Waals surface area contributed by atoms with Crippen molar-refractivity contribution in [2.45, 2.75) is 18.0 Å². The van der Waals surface area contributed by atoms with Gasteiger partial charge in [-0.3, -0.25) is 9.59 Å². The highest BCUT2D eigenvalue weighted by Gasteiger charge is 2.54. The summed E-state index contributed by atoms with van der Waals surface area (Å²) in [6.45, 7) is 0.240. The van der Waals surface area contributed by atoms with Crippen LogP contribution in [0.2, 0.25) is 0 Å². The van der Waals surface area contributed by atoms with Crippen LogP contribution < -0.4 is 0 Å². The number of fused-ring (bicyclic) bond motifs is 1. The van der Waals surface area contributed by atoms with Crippen LogP contribution in [0.3, 0.4) is 0 Å². The Kier molecular flexibility index (Phi) is 4.74. The average molecular weight is 433 g/mol. The summed E-state index contributed by atoms with van der Waals surface area (Å²) in [6, 6.07) is 12.7. The summed E-state index contributed by atoms with van der Waals surface area (Å²) >= 11 is 3.41. The van der Waals surface area contributed by atoms with Crippen LogP contribution in [0.15, 0.2) is 53.0 Å². The van der Waals surface area contributed by atoms with E-state index in [0.29, 0.717) is 12.1 Å². The van der Waals surface area contributed by atoms with Crippen molar-refractivity contribution in [1.82, 2.24) is 9.80 Å². The van der Waals surface area contributed by atoms with Gasteiger partial charge >= 0.3 is 0 Å². The minimum Gasteiger partial charge on any atom is -0.394 e. The molecule has 4 rings (SSSR count). The van der Waals surface area contributed by atoms with Crippen LogP contribution in [0, 0.1) is 5.82 Å². The largest absolute Gasteiger partial charge is 0.394 e. The standard InChI is InChI=1S/C20H18BrFN2O3/c21-14-5-1-12(2-6-14)19-16-9-23(10-18(26)24(16)17(19)11-25)20(27)13-3-7-15(22)8-4-13/h1-8,16-17,19,25H,9-11H2/t16-,17+,19+/m0/s1. The van der Waals surface area contributed by atoms with E-state index in [-0.39, 0.29) is 43.0 Å². The fourth-order valence-corrected chi connectivity index (χ4v) is 4.38. The number of hydrogen-bond donors (Lipinski definition) is 1. The molecular weight excluding hydrogens is 415 g/mol. The second kappa shape index (κ2) is 7.05. The molecule has 0 unspecified atom stereocenters. The quantitative estimate of drug-likeness (QED) is 0.809. The van der Waals surface area contributed by atoms with Crippen molar-refractivity contribution in [3.8, 4) is 0 Å². The van der Waals surface area contributed by atoms with Crippen molar-refractivity contribution in [3.05, 3.63) is 69.9 Å². The van der Waals surface area contributed by atoms with Gasteiger partial charge in [-0.15, -0.1) is 0 Å². The molecule has 0 saturated carbocycles. The number of carbonyl (C=O) groups excluding carboxylic acids is 2. The molecule has 0 aromatic heterocycles. The summed E-state index contributed by atoms with van der Waals surface area (Å²) in [6.07, 6.45) is 0. The Hall–Kier alpha value is -2.25. The number of aliphatic hydroxyl groups excluding tert-OH is 1. The van der Waals surface area contributed by atoms with E-state index < -0.39 is 5.82 Å². The van der Waals surface area contributed by atoms with E-state index in [1.807, 2.05) is 24.3 Å². The molecule has 7 heteroatoms. The molecule has 2 heterocycles. The van der Waals surface area contributed by atoms with E-state index in [1.54, 1.807) is 4.90 Å². The van der Waals surface area contributed by atoms with Gasteiger partial charge in [0.1, 0.15) is 12.4 Å². The predicted molar refractivity (Wildman–Crippen MR) is 101 cm³/mol. The lowest BCUT2D eigenvalue weighted by atomic mass is 9.73. The average Bonchev–Trinajstić information content (AvgIpc) is 2.65. The van der Waals surface area contributed by atoms with E-state index in [1.165, 1.54) is 29.2 Å². The zero-order chi connectivity index (χ0) is 19.1. The van der Waals surface area contributed by atoms with Crippen molar-refractivity contribution >= 4 is 27.7 Å². The zero-order valence-corrected chi connectivity index (χ0v) is 16.0. The normalized spacial score (nSPS) is 24.4. The minimum atomic E-state index is -0.410. The fraction of sp³-hybridized carbons (Fsp3) is 0.300. The summed E-state index contributed by atoms with van der Waals surface area (Å²) in [5.74, 6) is -0.900. The lowest BCUT2D eigenvalue weighted by Gasteiger charge is -2.58. The second-order valence-electron chi connectivity index (χ2n) is 6.89. The lowest BCUT2D eigenvalue weighted by Crippen LogP contribution is -2.73. The van der Waals surface area contributed by atoms with E-state index in [2.05, 4.69) is 15.9 Å². The number of rotatable bonds is 3. The number of halogens is 2. The number of amides is 2. The van der Waals surface area contributed by atoms with Gasteiger partial charge in [0.2, 0.25) is 5.91 Å². The van der Waals surface area contributed by atoms with Crippen LogP contribution in [0.5, 0.6) is 0 Å². The highest BCUT2D eigenvalue weighted by Crippen LogP contribution is 2.43. The van der Waals surface area contributed by atoms with Gasteiger partial charge in [0.25, 0.3) is 5.91 Å². The van der Waals surface area contributed by atoms with Crippen molar-refractivity contribution < 1.29 is 19.1 Å². The van der Waals surface area contributed by atoms with Crippen LogP contribution in [0.25, 0.3) is 0 Å². The summed E-state index contributed by atoms with van der Waals surface area (Å²) in [7, 11) is 0. The van der Waals surface area contributed by atoms with Gasteiger partial charge in [-0.1, -0.05) is 28.1 Å². The van der Waals surface area contributed by atoms with Crippen LogP contribution in [0.4, 0.5) is 4.39 Å². The van der Waals surface area contributed by atoms with Gasteiger partial charge in [0.05, 0.1) is 18.7 Å². The maximum absolute atomic E-state index is 13.1. The molecule has 2 aromatic rings. The molecule has 2 aliphatic heterocycles. The summed E-state index contributed by atoms with van der Waals surface area (Å²) in [4.78, 5) is 28.6. The van der Waals surface area contributed by atoms with Crippen LogP contribution in [0.1, 0.15) is 21.8 Å². The SMILES string of the molecule is O=C(c1ccc(F)cc1)N1CC(=O)N2[C@H](CO)[C@H](c3ccc(Br)cc3)[C@@H]2C1. The first-order valence-electron chi connectivity index (χ1n) is 8.72. The molecule has 0 spiro atoms. The number of hydrogen-bond acceptors (Lipinski definition) is 3. The Morgan fingerprint density at radius 3 is 2.44 bits per heavy atom.